The maximum absolute atomic E-state index is 5.58. The van der Waals surface area contributed by atoms with Crippen molar-refractivity contribution in [1.29, 1.82) is 0 Å². The second-order valence-electron chi connectivity index (χ2n) is 1.60. The summed E-state index contributed by atoms with van der Waals surface area (Å²) in [5, 5.41) is 3.53. The number of amidine groups is 1. The predicted molar refractivity (Wildman–Crippen MR) is 35.0 cm³/mol. The van der Waals surface area contributed by atoms with Crippen LogP contribution in [0.2, 0.25) is 0 Å². The van der Waals surface area contributed by atoms with Crippen LogP contribution in [0.25, 0.3) is 0 Å². The Labute approximate surface area is 53.3 Å². The van der Waals surface area contributed by atoms with Crippen molar-refractivity contribution in [3.63, 3.8) is 0 Å². The summed E-state index contributed by atoms with van der Waals surface area (Å²) in [5.74, 6) is 0.887. The van der Waals surface area contributed by atoms with Crippen LogP contribution in [0.3, 0.4) is 0 Å². The van der Waals surface area contributed by atoms with E-state index in [0.717, 1.165) is 5.84 Å². The fourth-order valence-electron chi connectivity index (χ4n) is 0.526. The second kappa shape index (κ2) is 2.18. The molecule has 0 radical (unpaired) electrons. The molecule has 0 amide bonds. The van der Waals surface area contributed by atoms with Gasteiger partial charge < -0.3 is 5.32 Å². The third-order valence-electron chi connectivity index (χ3n) is 0.899. The standard InChI is InChI=1S/C5H7ClN2/c1-4-7-3-2-5(6)8-4/h2H,3H2,1H3,(H,7,8). The summed E-state index contributed by atoms with van der Waals surface area (Å²) in [6.07, 6.45) is 1.83. The molecule has 0 aromatic rings. The number of nitrogens with zero attached hydrogens (tertiary/aromatic N) is 1. The lowest BCUT2D eigenvalue weighted by Crippen LogP contribution is -2.20. The Morgan fingerprint density at radius 2 is 2.62 bits per heavy atom. The van der Waals surface area contributed by atoms with Crippen LogP contribution in [-0.4, -0.2) is 12.4 Å². The first-order valence-corrected chi connectivity index (χ1v) is 2.80. The van der Waals surface area contributed by atoms with Gasteiger partial charge in [0.1, 0.15) is 5.16 Å². The maximum Gasteiger partial charge on any atom is 0.105 e. The molecule has 1 rings (SSSR count). The number of hydrogen-bond acceptors (Lipinski definition) is 2. The highest BCUT2D eigenvalue weighted by Gasteiger charge is 1.96. The highest BCUT2D eigenvalue weighted by atomic mass is 35.5. The van der Waals surface area contributed by atoms with Gasteiger partial charge in [0.2, 0.25) is 0 Å². The van der Waals surface area contributed by atoms with E-state index in [1.54, 1.807) is 0 Å². The van der Waals surface area contributed by atoms with Crippen LogP contribution in [0.1, 0.15) is 6.92 Å². The van der Waals surface area contributed by atoms with Gasteiger partial charge in [-0.05, 0) is 13.0 Å². The fourth-order valence-corrected chi connectivity index (χ4v) is 0.732. The van der Waals surface area contributed by atoms with Crippen LogP contribution < -0.4 is 5.32 Å². The molecule has 0 saturated carbocycles. The summed E-state index contributed by atoms with van der Waals surface area (Å²) in [6, 6.07) is 0. The highest BCUT2D eigenvalue weighted by molar-refractivity contribution is 6.30. The van der Waals surface area contributed by atoms with E-state index in [1.807, 2.05) is 13.0 Å². The summed E-state index contributed by atoms with van der Waals surface area (Å²) in [6.45, 7) is 2.59. The van der Waals surface area contributed by atoms with E-state index in [2.05, 4.69) is 10.3 Å². The molecule has 1 aliphatic rings. The summed E-state index contributed by atoms with van der Waals surface area (Å²) >= 11 is 5.58. The molecular weight excluding hydrogens is 124 g/mol. The zero-order valence-electron chi connectivity index (χ0n) is 4.61. The molecule has 2 nitrogen and oxygen atoms in total. The monoisotopic (exact) mass is 130 g/mol. The minimum absolute atomic E-state index is 0.678. The van der Waals surface area contributed by atoms with Gasteiger partial charge in [0.15, 0.2) is 0 Å². The fraction of sp³-hybridized carbons (Fsp3) is 0.400. The van der Waals surface area contributed by atoms with Gasteiger partial charge in [-0.2, -0.15) is 0 Å². The summed E-state index contributed by atoms with van der Waals surface area (Å²) in [4.78, 5) is 4.03. The minimum atomic E-state index is 0.678. The van der Waals surface area contributed by atoms with E-state index in [4.69, 9.17) is 11.6 Å². The molecular formula is C5H7ClN2. The lowest BCUT2D eigenvalue weighted by Gasteiger charge is -2.06. The first-order chi connectivity index (χ1) is 3.79. The van der Waals surface area contributed by atoms with Crippen LogP contribution in [0.4, 0.5) is 0 Å². The molecule has 8 heavy (non-hydrogen) atoms. The Morgan fingerprint density at radius 3 is 3.00 bits per heavy atom. The first-order valence-electron chi connectivity index (χ1n) is 2.43. The first kappa shape index (κ1) is 5.63. The van der Waals surface area contributed by atoms with Crippen molar-refractivity contribution in [2.75, 3.05) is 6.54 Å². The van der Waals surface area contributed by atoms with Crippen molar-refractivity contribution in [3.05, 3.63) is 11.2 Å². The number of hydrogen-bond donors (Lipinski definition) is 1. The van der Waals surface area contributed by atoms with Crippen LogP contribution >= 0.6 is 11.6 Å². The molecule has 44 valence electrons. The van der Waals surface area contributed by atoms with Crippen molar-refractivity contribution in [1.82, 2.24) is 5.32 Å². The molecule has 1 aliphatic heterocycles. The smallest absolute Gasteiger partial charge is 0.105 e. The highest BCUT2D eigenvalue weighted by Crippen LogP contribution is 1.99. The molecule has 0 bridgehead atoms. The molecule has 0 atom stereocenters. The maximum atomic E-state index is 5.58. The van der Waals surface area contributed by atoms with E-state index in [-0.39, 0.29) is 0 Å². The molecule has 0 unspecified atom stereocenters. The molecule has 1 N–H and O–H groups in total. The van der Waals surface area contributed by atoms with E-state index in [0.29, 0.717) is 11.7 Å². The summed E-state index contributed by atoms with van der Waals surface area (Å²) in [7, 11) is 0. The van der Waals surface area contributed by atoms with Gasteiger partial charge in [-0.15, -0.1) is 0 Å². The zero-order valence-corrected chi connectivity index (χ0v) is 5.37. The van der Waals surface area contributed by atoms with Gasteiger partial charge in [-0.25, -0.2) is 0 Å². The van der Waals surface area contributed by atoms with Gasteiger partial charge in [0, 0.05) is 0 Å². The quantitative estimate of drug-likeness (QED) is 0.488. The number of nitrogens with one attached hydrogen (secondary N) is 1. The Bertz CT molecular complexity index is 133. The summed E-state index contributed by atoms with van der Waals surface area (Å²) < 4.78 is 0. The Morgan fingerprint density at radius 1 is 1.88 bits per heavy atom. The van der Waals surface area contributed by atoms with Gasteiger partial charge >= 0.3 is 0 Å². The zero-order chi connectivity index (χ0) is 5.98. The molecule has 0 aliphatic carbocycles. The van der Waals surface area contributed by atoms with Crippen molar-refractivity contribution in [3.8, 4) is 0 Å². The Balaban J connectivity index is 2.57. The lowest BCUT2D eigenvalue weighted by molar-refractivity contribution is 1.07. The van der Waals surface area contributed by atoms with Gasteiger partial charge in [0.05, 0.1) is 12.4 Å². The molecule has 1 heterocycles. The minimum Gasteiger partial charge on any atom is -0.335 e. The number of aliphatic imine (C=N–C) groups is 1. The summed E-state index contributed by atoms with van der Waals surface area (Å²) in [5.41, 5.74) is 0. The van der Waals surface area contributed by atoms with Crippen molar-refractivity contribution >= 4 is 17.4 Å². The van der Waals surface area contributed by atoms with Gasteiger partial charge in [-0.3, -0.25) is 4.99 Å². The molecule has 3 heteroatoms. The number of rotatable bonds is 0. The average molecular weight is 131 g/mol. The lowest BCUT2D eigenvalue weighted by atomic mass is 10.5. The van der Waals surface area contributed by atoms with Crippen molar-refractivity contribution < 1.29 is 0 Å². The number of halogens is 1. The molecule has 0 aromatic heterocycles. The van der Waals surface area contributed by atoms with E-state index in [1.165, 1.54) is 0 Å². The second-order valence-corrected chi connectivity index (χ2v) is 2.01. The van der Waals surface area contributed by atoms with Gasteiger partial charge in [-0.1, -0.05) is 11.6 Å². The van der Waals surface area contributed by atoms with Crippen LogP contribution in [0.5, 0.6) is 0 Å². The SMILES string of the molecule is CC1=NCC=C(Cl)N1. The third-order valence-corrected chi connectivity index (χ3v) is 1.15. The normalized spacial score (nSPS) is 18.8. The Hall–Kier alpha value is -0.500. The van der Waals surface area contributed by atoms with E-state index < -0.39 is 0 Å². The average Bonchev–Trinajstić information content (AvgIpc) is 1.64. The molecule has 0 aromatic carbocycles. The molecule has 0 saturated heterocycles. The third kappa shape index (κ3) is 1.23. The van der Waals surface area contributed by atoms with Crippen molar-refractivity contribution in [2.45, 2.75) is 6.92 Å². The Kier molecular flexibility index (Phi) is 1.53. The van der Waals surface area contributed by atoms with Gasteiger partial charge in [0.25, 0.3) is 0 Å². The predicted octanol–water partition coefficient (Wildman–Crippen LogP) is 1.09. The van der Waals surface area contributed by atoms with Crippen molar-refractivity contribution in [2.24, 2.45) is 4.99 Å². The van der Waals surface area contributed by atoms with E-state index in [9.17, 15) is 0 Å². The largest absolute Gasteiger partial charge is 0.335 e. The van der Waals surface area contributed by atoms with Crippen LogP contribution in [0, 0.1) is 0 Å². The molecule has 0 fully saturated rings. The molecule has 0 spiro atoms. The van der Waals surface area contributed by atoms with Crippen LogP contribution in [0.15, 0.2) is 16.2 Å². The van der Waals surface area contributed by atoms with E-state index >= 15 is 0 Å². The van der Waals surface area contributed by atoms with Crippen LogP contribution in [-0.2, 0) is 0 Å². The topological polar surface area (TPSA) is 24.4 Å².